The number of ketones is 1. The van der Waals surface area contributed by atoms with Crippen LogP contribution >= 0.6 is 0 Å². The van der Waals surface area contributed by atoms with E-state index in [4.69, 9.17) is 0 Å². The van der Waals surface area contributed by atoms with Crippen molar-refractivity contribution >= 4 is 5.78 Å². The van der Waals surface area contributed by atoms with E-state index in [2.05, 4.69) is 12.2 Å². The summed E-state index contributed by atoms with van der Waals surface area (Å²) < 4.78 is 0. The molecule has 0 atom stereocenters. The minimum Gasteiger partial charge on any atom is -0.314 e. The SMILES string of the molecule is CCNC1CCC(C(=O)C(C)C)CC1. The van der Waals surface area contributed by atoms with Gasteiger partial charge in [-0.25, -0.2) is 0 Å². The number of nitrogens with one attached hydrogen (secondary N) is 1. The fourth-order valence-corrected chi connectivity index (χ4v) is 2.34. The molecular weight excluding hydrogens is 174 g/mol. The van der Waals surface area contributed by atoms with E-state index in [-0.39, 0.29) is 5.92 Å². The molecule has 1 rings (SSSR count). The lowest BCUT2D eigenvalue weighted by molar-refractivity contribution is -0.126. The maximum absolute atomic E-state index is 11.7. The lowest BCUT2D eigenvalue weighted by Crippen LogP contribution is -2.35. The molecule has 0 aliphatic heterocycles. The van der Waals surface area contributed by atoms with Crippen molar-refractivity contribution < 1.29 is 4.79 Å². The average Bonchev–Trinajstić information content (AvgIpc) is 2.18. The van der Waals surface area contributed by atoms with Crippen molar-refractivity contribution in [3.63, 3.8) is 0 Å². The molecule has 1 fully saturated rings. The van der Waals surface area contributed by atoms with Crippen LogP contribution in [0.4, 0.5) is 0 Å². The van der Waals surface area contributed by atoms with E-state index in [0.717, 1.165) is 19.4 Å². The standard InChI is InChI=1S/C12H23NO/c1-4-13-11-7-5-10(6-8-11)12(14)9(2)3/h9-11,13H,4-8H2,1-3H3. The molecule has 2 heteroatoms. The minimum absolute atomic E-state index is 0.218. The summed E-state index contributed by atoms with van der Waals surface area (Å²) in [7, 11) is 0. The first-order chi connectivity index (χ1) is 6.65. The van der Waals surface area contributed by atoms with Crippen molar-refractivity contribution in [1.29, 1.82) is 0 Å². The van der Waals surface area contributed by atoms with Gasteiger partial charge in [-0.3, -0.25) is 4.79 Å². The van der Waals surface area contributed by atoms with Gasteiger partial charge in [-0.05, 0) is 32.2 Å². The lowest BCUT2D eigenvalue weighted by Gasteiger charge is -2.28. The molecule has 1 aliphatic rings. The van der Waals surface area contributed by atoms with Gasteiger partial charge in [0.15, 0.2) is 0 Å². The zero-order valence-corrected chi connectivity index (χ0v) is 9.68. The molecule has 0 bridgehead atoms. The van der Waals surface area contributed by atoms with Gasteiger partial charge in [0.1, 0.15) is 5.78 Å². The Kier molecular flexibility index (Phi) is 4.59. The normalized spacial score (nSPS) is 28.0. The van der Waals surface area contributed by atoms with E-state index in [1.165, 1.54) is 12.8 Å². The second-order valence-corrected chi connectivity index (χ2v) is 4.66. The summed E-state index contributed by atoms with van der Waals surface area (Å²) in [6, 6.07) is 0.663. The van der Waals surface area contributed by atoms with Crippen molar-refractivity contribution in [3.05, 3.63) is 0 Å². The van der Waals surface area contributed by atoms with Crippen molar-refractivity contribution in [2.75, 3.05) is 6.54 Å². The van der Waals surface area contributed by atoms with Gasteiger partial charge < -0.3 is 5.32 Å². The van der Waals surface area contributed by atoms with Crippen LogP contribution in [0.1, 0.15) is 46.5 Å². The van der Waals surface area contributed by atoms with Gasteiger partial charge in [-0.15, -0.1) is 0 Å². The largest absolute Gasteiger partial charge is 0.314 e. The van der Waals surface area contributed by atoms with Crippen LogP contribution in [0.15, 0.2) is 0 Å². The number of Topliss-reactive ketones (excluding diaryl/α,β-unsaturated/α-hetero) is 1. The van der Waals surface area contributed by atoms with E-state index in [9.17, 15) is 4.79 Å². The maximum atomic E-state index is 11.7. The van der Waals surface area contributed by atoms with Gasteiger partial charge in [0.2, 0.25) is 0 Å². The summed E-state index contributed by atoms with van der Waals surface area (Å²) in [4.78, 5) is 11.7. The van der Waals surface area contributed by atoms with Gasteiger partial charge in [0.25, 0.3) is 0 Å². The van der Waals surface area contributed by atoms with Crippen molar-refractivity contribution in [3.8, 4) is 0 Å². The Labute approximate surface area is 87.5 Å². The molecule has 14 heavy (non-hydrogen) atoms. The molecule has 0 radical (unpaired) electrons. The Morgan fingerprint density at radius 3 is 2.29 bits per heavy atom. The van der Waals surface area contributed by atoms with E-state index < -0.39 is 0 Å². The number of rotatable bonds is 4. The molecule has 0 unspecified atom stereocenters. The molecule has 0 aromatic heterocycles. The summed E-state index contributed by atoms with van der Waals surface area (Å²) >= 11 is 0. The smallest absolute Gasteiger partial charge is 0.138 e. The number of hydrogen-bond donors (Lipinski definition) is 1. The van der Waals surface area contributed by atoms with Gasteiger partial charge in [0, 0.05) is 17.9 Å². The van der Waals surface area contributed by atoms with Crippen molar-refractivity contribution in [2.45, 2.75) is 52.5 Å². The minimum atomic E-state index is 0.218. The number of carbonyl (C=O) groups excluding carboxylic acids is 1. The molecule has 0 saturated heterocycles. The monoisotopic (exact) mass is 197 g/mol. The zero-order chi connectivity index (χ0) is 10.6. The van der Waals surface area contributed by atoms with Crippen LogP contribution in [0.25, 0.3) is 0 Å². The number of hydrogen-bond acceptors (Lipinski definition) is 2. The summed E-state index contributed by atoms with van der Waals surface area (Å²) in [6.45, 7) is 7.22. The molecule has 0 spiro atoms. The van der Waals surface area contributed by atoms with E-state index in [1.54, 1.807) is 0 Å². The third-order valence-corrected chi connectivity index (χ3v) is 3.19. The Balaban J connectivity index is 2.32. The maximum Gasteiger partial charge on any atom is 0.138 e. The molecule has 1 N–H and O–H groups in total. The van der Waals surface area contributed by atoms with Crippen LogP contribution in [-0.2, 0) is 4.79 Å². The first kappa shape index (κ1) is 11.7. The second kappa shape index (κ2) is 5.50. The molecule has 0 aromatic carbocycles. The first-order valence-corrected chi connectivity index (χ1v) is 5.92. The van der Waals surface area contributed by atoms with Crippen LogP contribution < -0.4 is 5.32 Å². The summed E-state index contributed by atoms with van der Waals surface area (Å²) in [6.07, 6.45) is 4.54. The van der Waals surface area contributed by atoms with Crippen molar-refractivity contribution in [1.82, 2.24) is 5.32 Å². The third-order valence-electron chi connectivity index (χ3n) is 3.19. The predicted molar refractivity (Wildman–Crippen MR) is 59.3 cm³/mol. The zero-order valence-electron chi connectivity index (χ0n) is 9.68. The fraction of sp³-hybridized carbons (Fsp3) is 0.917. The highest BCUT2D eigenvalue weighted by Crippen LogP contribution is 2.26. The highest BCUT2D eigenvalue weighted by atomic mass is 16.1. The molecule has 2 nitrogen and oxygen atoms in total. The summed E-state index contributed by atoms with van der Waals surface area (Å²) in [5, 5.41) is 3.46. The Hall–Kier alpha value is -0.370. The molecule has 0 amide bonds. The fourth-order valence-electron chi connectivity index (χ4n) is 2.34. The second-order valence-electron chi connectivity index (χ2n) is 4.66. The predicted octanol–water partition coefficient (Wildman–Crippen LogP) is 2.38. The molecule has 0 aromatic rings. The molecule has 1 saturated carbocycles. The highest BCUT2D eigenvalue weighted by Gasteiger charge is 2.26. The third kappa shape index (κ3) is 3.09. The highest BCUT2D eigenvalue weighted by molar-refractivity contribution is 5.82. The van der Waals surface area contributed by atoms with Crippen LogP contribution in [0.3, 0.4) is 0 Å². The van der Waals surface area contributed by atoms with E-state index in [1.807, 2.05) is 13.8 Å². The topological polar surface area (TPSA) is 29.1 Å². The molecule has 1 aliphatic carbocycles. The quantitative estimate of drug-likeness (QED) is 0.749. The molecular formula is C12H23NO. The van der Waals surface area contributed by atoms with Gasteiger partial charge in [-0.2, -0.15) is 0 Å². The van der Waals surface area contributed by atoms with E-state index in [0.29, 0.717) is 17.7 Å². The first-order valence-electron chi connectivity index (χ1n) is 5.92. The van der Waals surface area contributed by atoms with Crippen LogP contribution in [0, 0.1) is 11.8 Å². The average molecular weight is 197 g/mol. The Morgan fingerprint density at radius 1 is 1.29 bits per heavy atom. The Morgan fingerprint density at radius 2 is 1.86 bits per heavy atom. The van der Waals surface area contributed by atoms with Crippen LogP contribution in [-0.4, -0.2) is 18.4 Å². The lowest BCUT2D eigenvalue weighted by atomic mass is 9.80. The van der Waals surface area contributed by atoms with Crippen molar-refractivity contribution in [2.24, 2.45) is 11.8 Å². The molecule has 0 heterocycles. The summed E-state index contributed by atoms with van der Waals surface area (Å²) in [5.74, 6) is 1.04. The van der Waals surface area contributed by atoms with Gasteiger partial charge in [0.05, 0.1) is 0 Å². The molecule has 82 valence electrons. The van der Waals surface area contributed by atoms with Gasteiger partial charge in [-0.1, -0.05) is 20.8 Å². The Bertz CT molecular complexity index is 181. The number of carbonyl (C=O) groups is 1. The van der Waals surface area contributed by atoms with Crippen LogP contribution in [0.2, 0.25) is 0 Å². The summed E-state index contributed by atoms with van der Waals surface area (Å²) in [5.41, 5.74) is 0. The van der Waals surface area contributed by atoms with Gasteiger partial charge >= 0.3 is 0 Å². The van der Waals surface area contributed by atoms with Crippen LogP contribution in [0.5, 0.6) is 0 Å². The van der Waals surface area contributed by atoms with E-state index >= 15 is 0 Å².